The van der Waals surface area contributed by atoms with Gasteiger partial charge in [0.15, 0.2) is 0 Å². The van der Waals surface area contributed by atoms with Gasteiger partial charge in [0.25, 0.3) is 11.8 Å². The van der Waals surface area contributed by atoms with Crippen molar-refractivity contribution in [1.82, 2.24) is 14.5 Å². The summed E-state index contributed by atoms with van der Waals surface area (Å²) in [6, 6.07) is 10.6. The molecule has 1 aliphatic heterocycles. The van der Waals surface area contributed by atoms with Crippen molar-refractivity contribution in [3.05, 3.63) is 52.3 Å². The molecule has 1 aliphatic rings. The number of pyridine rings is 1. The van der Waals surface area contributed by atoms with Gasteiger partial charge in [0.1, 0.15) is 16.9 Å². The summed E-state index contributed by atoms with van der Waals surface area (Å²) in [6.45, 7) is 1.53. The second kappa shape index (κ2) is 8.90. The van der Waals surface area contributed by atoms with Crippen molar-refractivity contribution >= 4 is 44.5 Å². The van der Waals surface area contributed by atoms with E-state index in [1.807, 2.05) is 22.8 Å². The number of ether oxygens (including phenoxy) is 1. The van der Waals surface area contributed by atoms with Gasteiger partial charge in [-0.3, -0.25) is 9.59 Å². The third-order valence-corrected chi connectivity index (χ3v) is 5.19. The number of anilines is 1. The fraction of sp³-hybridized carbons (Fsp3) is 0.300. The normalized spacial score (nSPS) is 15.2. The van der Waals surface area contributed by atoms with E-state index in [2.05, 4.69) is 30.9 Å². The second-order valence-electron chi connectivity index (χ2n) is 6.74. The average molecular weight is 474 g/mol. The zero-order chi connectivity index (χ0) is 21.1. The van der Waals surface area contributed by atoms with Crippen molar-refractivity contribution in [2.24, 2.45) is 4.99 Å². The molecule has 2 N–H and O–H groups in total. The van der Waals surface area contributed by atoms with E-state index in [0.29, 0.717) is 36.3 Å². The van der Waals surface area contributed by atoms with Crippen LogP contribution in [0.5, 0.6) is 0 Å². The molecule has 30 heavy (non-hydrogen) atoms. The molecule has 0 radical (unpaired) electrons. The van der Waals surface area contributed by atoms with Gasteiger partial charge in [-0.1, -0.05) is 6.07 Å². The van der Waals surface area contributed by atoms with E-state index in [-0.39, 0.29) is 24.8 Å². The zero-order valence-corrected chi connectivity index (χ0v) is 17.6. The van der Waals surface area contributed by atoms with Crippen LogP contribution >= 0.6 is 15.9 Å². The topological polar surface area (TPSA) is 113 Å². The lowest BCUT2D eigenvalue weighted by atomic mass is 10.2. The number of aromatic nitrogens is 3. The minimum Gasteiger partial charge on any atom is -0.396 e. The third kappa shape index (κ3) is 4.20. The van der Waals surface area contributed by atoms with E-state index in [9.17, 15) is 14.7 Å². The number of carbonyl (C=O) groups is 2. The molecule has 2 aromatic heterocycles. The minimum atomic E-state index is -0.482. The van der Waals surface area contributed by atoms with E-state index >= 15 is 0 Å². The Morgan fingerprint density at radius 1 is 1.33 bits per heavy atom. The van der Waals surface area contributed by atoms with Crippen LogP contribution in [0.3, 0.4) is 0 Å². The molecule has 0 saturated carbocycles. The summed E-state index contributed by atoms with van der Waals surface area (Å²) in [5.74, 6) is -0.578. The zero-order valence-electron chi connectivity index (χ0n) is 16.0. The summed E-state index contributed by atoms with van der Waals surface area (Å²) in [6.07, 6.45) is 0.507. The quantitative estimate of drug-likeness (QED) is 0.546. The summed E-state index contributed by atoms with van der Waals surface area (Å²) in [5, 5.41) is 9.27. The van der Waals surface area contributed by atoms with Gasteiger partial charge < -0.3 is 24.3 Å². The van der Waals surface area contributed by atoms with Crippen molar-refractivity contribution < 1.29 is 19.4 Å². The number of halogens is 1. The van der Waals surface area contributed by atoms with Crippen molar-refractivity contribution in [2.75, 3.05) is 31.3 Å². The molecular weight excluding hydrogens is 454 g/mol. The van der Waals surface area contributed by atoms with Crippen molar-refractivity contribution in [3.8, 4) is 0 Å². The largest absolute Gasteiger partial charge is 0.396 e. The number of hydrogen-bond acceptors (Lipinski definition) is 5. The van der Waals surface area contributed by atoms with Crippen LogP contribution in [0.15, 0.2) is 46.0 Å². The number of morpholine rings is 1. The molecule has 1 aromatic carbocycles. The number of amides is 2. The number of aryl methyl sites for hydroxylation is 1. The highest BCUT2D eigenvalue weighted by Gasteiger charge is 2.21. The van der Waals surface area contributed by atoms with Gasteiger partial charge in [-0.2, -0.15) is 4.99 Å². The molecule has 1 saturated heterocycles. The van der Waals surface area contributed by atoms with E-state index < -0.39 is 5.91 Å². The number of nitrogens with zero attached hydrogens (tertiary/aromatic N) is 4. The summed E-state index contributed by atoms with van der Waals surface area (Å²) < 4.78 is 7.58. The predicted molar refractivity (Wildman–Crippen MR) is 113 cm³/mol. The Bertz CT molecular complexity index is 1170. The highest BCUT2D eigenvalue weighted by Crippen LogP contribution is 2.22. The van der Waals surface area contributed by atoms with Gasteiger partial charge in [0.05, 0.1) is 17.6 Å². The molecule has 2 amide bonds. The number of aromatic amines is 1. The van der Waals surface area contributed by atoms with Crippen molar-refractivity contribution in [1.29, 1.82) is 0 Å². The minimum absolute atomic E-state index is 0.0145. The molecule has 9 nitrogen and oxygen atoms in total. The maximum absolute atomic E-state index is 12.6. The van der Waals surface area contributed by atoms with Crippen molar-refractivity contribution in [2.45, 2.75) is 13.0 Å². The molecule has 3 aromatic rings. The molecule has 1 fully saturated rings. The molecule has 4 rings (SSSR count). The van der Waals surface area contributed by atoms with Crippen LogP contribution in [0, 0.1) is 0 Å². The van der Waals surface area contributed by atoms with Crippen LogP contribution in [0.4, 0.5) is 5.69 Å². The van der Waals surface area contributed by atoms with Crippen LogP contribution < -0.4 is 10.5 Å². The maximum Gasteiger partial charge on any atom is 0.298 e. The molecular formula is C20H20BrN5O4. The molecule has 0 spiro atoms. The van der Waals surface area contributed by atoms with E-state index in [0.717, 1.165) is 16.7 Å². The Morgan fingerprint density at radius 3 is 2.97 bits per heavy atom. The number of H-pyrrole nitrogens is 1. The molecule has 10 heteroatoms. The first-order valence-corrected chi connectivity index (χ1v) is 10.3. The third-order valence-electron chi connectivity index (χ3n) is 4.75. The number of nitrogens with one attached hydrogen (secondary N) is 1. The van der Waals surface area contributed by atoms with E-state index in [4.69, 9.17) is 4.74 Å². The fourth-order valence-corrected chi connectivity index (χ4v) is 3.69. The Kier molecular flexibility index (Phi) is 6.07. The van der Waals surface area contributed by atoms with Gasteiger partial charge in [0, 0.05) is 25.4 Å². The van der Waals surface area contributed by atoms with Gasteiger partial charge in [-0.05, 0) is 52.7 Å². The molecule has 0 aliphatic carbocycles. The summed E-state index contributed by atoms with van der Waals surface area (Å²) in [5.41, 5.74) is 2.88. The lowest BCUT2D eigenvalue weighted by molar-refractivity contribution is -0.125. The number of aliphatic hydroxyl groups excluding tert-OH is 1. The predicted octanol–water partition coefficient (Wildman–Crippen LogP) is 1.61. The monoisotopic (exact) mass is 473 g/mol. The Balaban J connectivity index is 1.77. The summed E-state index contributed by atoms with van der Waals surface area (Å²) >= 11 is 3.26. The van der Waals surface area contributed by atoms with Gasteiger partial charge in [-0.25, -0.2) is 4.98 Å². The van der Waals surface area contributed by atoms with Gasteiger partial charge in [0.2, 0.25) is 5.62 Å². The number of benzene rings is 1. The van der Waals surface area contributed by atoms with E-state index in [1.54, 1.807) is 23.1 Å². The number of rotatable bonds is 5. The van der Waals surface area contributed by atoms with Crippen LogP contribution in [0.25, 0.3) is 11.0 Å². The maximum atomic E-state index is 12.6. The van der Waals surface area contributed by atoms with E-state index in [1.165, 1.54) is 0 Å². The summed E-state index contributed by atoms with van der Waals surface area (Å²) in [4.78, 5) is 38.0. The van der Waals surface area contributed by atoms with Crippen LogP contribution in [-0.2, 0) is 16.1 Å². The number of fused-ring (bicyclic) bond motifs is 1. The van der Waals surface area contributed by atoms with Crippen LogP contribution in [-0.4, -0.2) is 57.8 Å². The Morgan fingerprint density at radius 2 is 2.20 bits per heavy atom. The first-order valence-electron chi connectivity index (χ1n) is 9.50. The molecule has 0 atom stereocenters. The fourth-order valence-electron chi connectivity index (χ4n) is 3.34. The molecule has 0 unspecified atom stereocenters. The number of carbonyl (C=O) groups excluding carboxylic acids is 2. The molecule has 0 bridgehead atoms. The van der Waals surface area contributed by atoms with Crippen LogP contribution in [0.1, 0.15) is 16.9 Å². The lowest BCUT2D eigenvalue weighted by Crippen LogP contribution is -2.41. The molecule has 156 valence electrons. The number of hydrogen-bond donors (Lipinski definition) is 2. The Labute approximate surface area is 180 Å². The number of imidazole rings is 1. The first kappa shape index (κ1) is 20.5. The van der Waals surface area contributed by atoms with Crippen LogP contribution in [0.2, 0.25) is 0 Å². The highest BCUT2D eigenvalue weighted by atomic mass is 79.9. The average Bonchev–Trinajstić information content (AvgIpc) is 3.08. The van der Waals surface area contributed by atoms with Gasteiger partial charge >= 0.3 is 0 Å². The first-order chi connectivity index (χ1) is 14.6. The summed E-state index contributed by atoms with van der Waals surface area (Å²) in [7, 11) is 0. The lowest BCUT2D eigenvalue weighted by Gasteiger charge is -2.26. The SMILES string of the molecule is O=C(/N=c1\[nH]c2cc(N3CCOCC3=O)ccc2n1CCCO)c1cccc(Br)n1. The highest BCUT2D eigenvalue weighted by molar-refractivity contribution is 9.10. The smallest absolute Gasteiger partial charge is 0.298 e. The molecule has 3 heterocycles. The number of aliphatic hydroxyl groups is 1. The Hall–Kier alpha value is -2.82. The second-order valence-corrected chi connectivity index (χ2v) is 7.55. The van der Waals surface area contributed by atoms with Crippen molar-refractivity contribution in [3.63, 3.8) is 0 Å². The van der Waals surface area contributed by atoms with Gasteiger partial charge in [-0.15, -0.1) is 0 Å². The standard InChI is InChI=1S/C20H20BrN5O4/c21-17-4-1-3-14(22-17)19(29)24-20-23-15-11-13(25-8-10-30-12-18(25)28)5-6-16(15)26(20)7-2-9-27/h1,3-6,11,27H,2,7-10,12H2,(H,23,24,29).